The second-order valence-corrected chi connectivity index (χ2v) is 9.69. The Morgan fingerprint density at radius 3 is 2.65 bits per heavy atom. The van der Waals surface area contributed by atoms with Gasteiger partial charge in [-0.3, -0.25) is 9.59 Å². The van der Waals surface area contributed by atoms with Crippen molar-refractivity contribution < 1.29 is 14.3 Å². The zero-order valence-electron chi connectivity index (χ0n) is 19.1. The summed E-state index contributed by atoms with van der Waals surface area (Å²) in [6.45, 7) is 9.97. The van der Waals surface area contributed by atoms with Crippen LogP contribution in [0.2, 0.25) is 0 Å². The summed E-state index contributed by atoms with van der Waals surface area (Å²) in [6.07, 6.45) is 2.17. The van der Waals surface area contributed by atoms with Crippen LogP contribution in [-0.2, 0) is 16.0 Å². The molecule has 2 amide bonds. The summed E-state index contributed by atoms with van der Waals surface area (Å²) in [5, 5.41) is 2.09. The van der Waals surface area contributed by atoms with Gasteiger partial charge < -0.3 is 14.5 Å². The molecule has 0 bridgehead atoms. The van der Waals surface area contributed by atoms with Crippen LogP contribution in [0, 0.1) is 12.8 Å². The molecular formula is C25H34N2O3S. The lowest BCUT2D eigenvalue weighted by molar-refractivity contribution is -0.143. The molecule has 1 aliphatic heterocycles. The number of thiophene rings is 1. The molecule has 1 aromatic heterocycles. The van der Waals surface area contributed by atoms with E-state index in [0.717, 1.165) is 18.6 Å². The SMILES string of the molecule is CCCN(CC(=O)N1CCc2sccc2[C@@H]1COc1ccc(C)cc1)C(=O)CC(C)C. The van der Waals surface area contributed by atoms with E-state index in [1.165, 1.54) is 16.0 Å². The standard InChI is InChI=1S/C25H34N2O3S/c1-5-12-26(24(28)15-18(2)3)16-25(29)27-13-10-23-21(11-14-31-23)22(27)17-30-20-8-6-19(4)7-9-20/h6-9,11,14,18,22H,5,10,12-13,15-17H2,1-4H3/t22-/m0/s1. The summed E-state index contributed by atoms with van der Waals surface area (Å²) < 4.78 is 6.09. The molecule has 0 fully saturated rings. The van der Waals surface area contributed by atoms with Crippen LogP contribution in [0.15, 0.2) is 35.7 Å². The van der Waals surface area contributed by atoms with Gasteiger partial charge in [0.05, 0.1) is 12.6 Å². The summed E-state index contributed by atoms with van der Waals surface area (Å²) >= 11 is 1.74. The number of ether oxygens (including phenoxy) is 1. The number of hydrogen-bond acceptors (Lipinski definition) is 4. The number of fused-ring (bicyclic) bond motifs is 1. The van der Waals surface area contributed by atoms with Crippen molar-refractivity contribution in [3.05, 3.63) is 51.7 Å². The van der Waals surface area contributed by atoms with E-state index in [0.29, 0.717) is 26.1 Å². The molecule has 0 spiro atoms. The molecule has 1 atom stereocenters. The number of nitrogens with zero attached hydrogens (tertiary/aromatic N) is 2. The van der Waals surface area contributed by atoms with Crippen LogP contribution < -0.4 is 4.74 Å². The molecule has 0 N–H and O–H groups in total. The van der Waals surface area contributed by atoms with Crippen molar-refractivity contribution in [2.75, 3.05) is 26.2 Å². The molecular weight excluding hydrogens is 408 g/mol. The predicted molar refractivity (Wildman–Crippen MR) is 125 cm³/mol. The van der Waals surface area contributed by atoms with Gasteiger partial charge in [0, 0.05) is 24.4 Å². The molecule has 1 aliphatic rings. The Kier molecular flexibility index (Phi) is 8.13. The molecule has 168 valence electrons. The smallest absolute Gasteiger partial charge is 0.242 e. The zero-order chi connectivity index (χ0) is 22.4. The molecule has 2 aromatic rings. The van der Waals surface area contributed by atoms with Crippen molar-refractivity contribution in [2.24, 2.45) is 5.92 Å². The highest BCUT2D eigenvalue weighted by Crippen LogP contribution is 2.34. The van der Waals surface area contributed by atoms with Crippen molar-refractivity contribution >= 4 is 23.2 Å². The van der Waals surface area contributed by atoms with Crippen LogP contribution in [-0.4, -0.2) is 47.9 Å². The highest BCUT2D eigenvalue weighted by Gasteiger charge is 2.33. The second kappa shape index (κ2) is 10.8. The lowest BCUT2D eigenvalue weighted by Crippen LogP contribution is -2.48. The first kappa shape index (κ1) is 23.3. The fourth-order valence-corrected chi connectivity index (χ4v) is 4.91. The Morgan fingerprint density at radius 2 is 1.97 bits per heavy atom. The summed E-state index contributed by atoms with van der Waals surface area (Å²) in [6, 6.07) is 9.96. The molecule has 5 nitrogen and oxygen atoms in total. The van der Waals surface area contributed by atoms with E-state index in [4.69, 9.17) is 4.74 Å². The summed E-state index contributed by atoms with van der Waals surface area (Å²) in [4.78, 5) is 31.0. The lowest BCUT2D eigenvalue weighted by atomic mass is 10.00. The molecule has 3 rings (SSSR count). The average molecular weight is 443 g/mol. The zero-order valence-corrected chi connectivity index (χ0v) is 19.9. The Labute approximate surface area is 190 Å². The van der Waals surface area contributed by atoms with Gasteiger partial charge in [0.2, 0.25) is 11.8 Å². The first-order valence-electron chi connectivity index (χ1n) is 11.2. The topological polar surface area (TPSA) is 49.9 Å². The van der Waals surface area contributed by atoms with Gasteiger partial charge in [0.1, 0.15) is 12.4 Å². The van der Waals surface area contributed by atoms with Gasteiger partial charge in [0.25, 0.3) is 0 Å². The summed E-state index contributed by atoms with van der Waals surface area (Å²) in [5.41, 5.74) is 2.36. The molecule has 1 aromatic carbocycles. The van der Waals surface area contributed by atoms with Crippen LogP contribution in [0.4, 0.5) is 0 Å². The van der Waals surface area contributed by atoms with Gasteiger partial charge in [-0.05, 0) is 54.8 Å². The quantitative estimate of drug-likeness (QED) is 0.558. The van der Waals surface area contributed by atoms with Crippen LogP contribution >= 0.6 is 11.3 Å². The third-order valence-electron chi connectivity index (χ3n) is 5.60. The molecule has 0 aliphatic carbocycles. The van der Waals surface area contributed by atoms with Crippen LogP contribution in [0.3, 0.4) is 0 Å². The van der Waals surface area contributed by atoms with E-state index in [1.54, 1.807) is 16.2 Å². The number of aryl methyl sites for hydroxylation is 1. The fraction of sp³-hybridized carbons (Fsp3) is 0.520. The number of carbonyl (C=O) groups is 2. The highest BCUT2D eigenvalue weighted by atomic mass is 32.1. The van der Waals surface area contributed by atoms with E-state index in [1.807, 2.05) is 56.9 Å². The molecule has 0 saturated heterocycles. The Morgan fingerprint density at radius 1 is 1.23 bits per heavy atom. The summed E-state index contributed by atoms with van der Waals surface area (Å²) in [7, 11) is 0. The van der Waals surface area contributed by atoms with Gasteiger partial charge in [-0.2, -0.15) is 0 Å². The largest absolute Gasteiger partial charge is 0.491 e. The van der Waals surface area contributed by atoms with Gasteiger partial charge in [0.15, 0.2) is 0 Å². The van der Waals surface area contributed by atoms with E-state index in [2.05, 4.69) is 11.4 Å². The number of rotatable bonds is 9. The minimum Gasteiger partial charge on any atom is -0.491 e. The lowest BCUT2D eigenvalue weighted by Gasteiger charge is -2.37. The molecule has 6 heteroatoms. The van der Waals surface area contributed by atoms with Crippen molar-refractivity contribution in [3.8, 4) is 5.75 Å². The molecule has 31 heavy (non-hydrogen) atoms. The number of hydrogen-bond donors (Lipinski definition) is 0. The fourth-order valence-electron chi connectivity index (χ4n) is 3.98. The average Bonchev–Trinajstić information content (AvgIpc) is 3.21. The number of amides is 2. The number of benzene rings is 1. The van der Waals surface area contributed by atoms with E-state index in [9.17, 15) is 9.59 Å². The monoisotopic (exact) mass is 442 g/mol. The molecule has 2 heterocycles. The second-order valence-electron chi connectivity index (χ2n) is 8.69. The van der Waals surface area contributed by atoms with Crippen molar-refractivity contribution in [1.82, 2.24) is 9.80 Å². The van der Waals surface area contributed by atoms with Gasteiger partial charge >= 0.3 is 0 Å². The Bertz CT molecular complexity index is 875. The van der Waals surface area contributed by atoms with E-state index >= 15 is 0 Å². The normalized spacial score (nSPS) is 15.6. The van der Waals surface area contributed by atoms with Crippen LogP contribution in [0.25, 0.3) is 0 Å². The van der Waals surface area contributed by atoms with Gasteiger partial charge in [-0.15, -0.1) is 11.3 Å². The first-order valence-corrected chi connectivity index (χ1v) is 12.1. The third-order valence-corrected chi connectivity index (χ3v) is 6.60. The van der Waals surface area contributed by atoms with Gasteiger partial charge in [-0.1, -0.05) is 38.5 Å². The Balaban J connectivity index is 1.74. The highest BCUT2D eigenvalue weighted by molar-refractivity contribution is 7.10. The van der Waals surface area contributed by atoms with E-state index < -0.39 is 0 Å². The van der Waals surface area contributed by atoms with Crippen LogP contribution in [0.1, 0.15) is 55.7 Å². The maximum atomic E-state index is 13.4. The van der Waals surface area contributed by atoms with Gasteiger partial charge in [-0.25, -0.2) is 0 Å². The van der Waals surface area contributed by atoms with Crippen molar-refractivity contribution in [3.63, 3.8) is 0 Å². The predicted octanol–water partition coefficient (Wildman–Crippen LogP) is 4.85. The van der Waals surface area contributed by atoms with Crippen molar-refractivity contribution in [2.45, 2.75) is 53.0 Å². The first-order chi connectivity index (χ1) is 14.9. The minimum absolute atomic E-state index is 0.0000813. The third kappa shape index (κ3) is 6.10. The molecule has 0 unspecified atom stereocenters. The van der Waals surface area contributed by atoms with E-state index in [-0.39, 0.29) is 30.3 Å². The minimum atomic E-state index is -0.132. The molecule has 0 radical (unpaired) electrons. The van der Waals surface area contributed by atoms with Crippen LogP contribution in [0.5, 0.6) is 5.75 Å². The maximum absolute atomic E-state index is 13.4. The van der Waals surface area contributed by atoms with Crippen molar-refractivity contribution in [1.29, 1.82) is 0 Å². The molecule has 0 saturated carbocycles. The number of carbonyl (C=O) groups excluding carboxylic acids is 2. The summed E-state index contributed by atoms with van der Waals surface area (Å²) in [5.74, 6) is 1.15. The maximum Gasteiger partial charge on any atom is 0.242 e. The Hall–Kier alpha value is -2.34.